The van der Waals surface area contributed by atoms with Crippen LogP contribution in [0.25, 0.3) is 33.7 Å². The molecule has 0 aromatic heterocycles. The van der Waals surface area contributed by atoms with Crippen LogP contribution in [0.4, 0.5) is 0 Å². The maximum absolute atomic E-state index is 13.8. The van der Waals surface area contributed by atoms with Gasteiger partial charge in [0.2, 0.25) is 10.0 Å². The predicted octanol–water partition coefficient (Wildman–Crippen LogP) is 7.04. The number of rotatable bonds is 7. The Morgan fingerprint density at radius 3 is 1.95 bits per heavy atom. The first-order valence-electron chi connectivity index (χ1n) is 14.4. The summed E-state index contributed by atoms with van der Waals surface area (Å²) >= 11 is 0. The molecule has 1 N–H and O–H groups in total. The summed E-state index contributed by atoms with van der Waals surface area (Å²) in [4.78, 5) is 14.0. The molecule has 0 unspecified atom stereocenters. The molecule has 0 aliphatic carbocycles. The number of fused-ring (bicyclic) bond motifs is 2. The van der Waals surface area contributed by atoms with E-state index >= 15 is 0 Å². The predicted molar refractivity (Wildman–Crippen MR) is 174 cm³/mol. The number of carbonyl (C=O) groups is 1. The second kappa shape index (κ2) is 11.7. The summed E-state index contributed by atoms with van der Waals surface area (Å²) in [6.45, 7) is 1.86. The molecule has 5 aromatic carbocycles. The third kappa shape index (κ3) is 6.09. The van der Waals surface area contributed by atoms with Crippen LogP contribution in [0.2, 0.25) is 0 Å². The van der Waals surface area contributed by atoms with Gasteiger partial charge in [0.05, 0.1) is 16.4 Å². The van der Waals surface area contributed by atoms with Gasteiger partial charge in [0.1, 0.15) is 0 Å². The van der Waals surface area contributed by atoms with Crippen molar-refractivity contribution in [3.05, 3.63) is 138 Å². The summed E-state index contributed by atoms with van der Waals surface area (Å²) in [6, 6.07) is 34.7. The Hall–Kier alpha value is -4.36. The lowest BCUT2D eigenvalue weighted by molar-refractivity contribution is -0.127. The highest BCUT2D eigenvalue weighted by Gasteiger charge is 2.46. The zero-order valence-electron chi connectivity index (χ0n) is 23.9. The molecule has 5 nitrogen and oxygen atoms in total. The van der Waals surface area contributed by atoms with Crippen molar-refractivity contribution in [3.8, 4) is 0 Å². The smallest absolute Gasteiger partial charge is 0.243 e. The maximum atomic E-state index is 13.8. The van der Waals surface area contributed by atoms with Crippen LogP contribution in [0.1, 0.15) is 23.1 Å². The highest BCUT2D eigenvalue weighted by atomic mass is 32.2. The van der Waals surface area contributed by atoms with E-state index in [1.807, 2.05) is 97.9 Å². The molecule has 0 amide bonds. The van der Waals surface area contributed by atoms with Crippen molar-refractivity contribution in [1.29, 1.82) is 0 Å². The molecule has 1 aliphatic rings. The fraction of sp³-hybridized carbons (Fsp3) is 0.162. The van der Waals surface area contributed by atoms with Gasteiger partial charge in [-0.05, 0) is 76.4 Å². The summed E-state index contributed by atoms with van der Waals surface area (Å²) in [5, 5.41) is 16.3. The van der Waals surface area contributed by atoms with Crippen molar-refractivity contribution < 1.29 is 18.3 Å². The van der Waals surface area contributed by atoms with Gasteiger partial charge in [-0.15, -0.1) is 0 Å². The standard InChI is InChI=1S/C37H33NO4S/c1-27-10-17-34(18-11-27)43(41,42)38-23-22-37(40,21-20-29-13-16-31-7-3-5-9-33(31)25-29)35(26-38)36(39)19-14-28-12-15-30-6-2-4-8-32(30)24-28/h2-21,24-25,35,40H,22-23,26H2,1H3/b19-14+,21-20+/t35-,37-/m0/s1. The van der Waals surface area contributed by atoms with Crippen LogP contribution in [-0.4, -0.2) is 42.3 Å². The molecule has 6 heteroatoms. The van der Waals surface area contributed by atoms with Crippen LogP contribution >= 0.6 is 0 Å². The van der Waals surface area contributed by atoms with Gasteiger partial charge >= 0.3 is 0 Å². The molecule has 5 aromatic rings. The van der Waals surface area contributed by atoms with E-state index in [4.69, 9.17) is 0 Å². The Labute approximate surface area is 252 Å². The van der Waals surface area contributed by atoms with E-state index in [0.29, 0.717) is 0 Å². The lowest BCUT2D eigenvalue weighted by Gasteiger charge is -2.41. The first-order chi connectivity index (χ1) is 20.7. The average molecular weight is 588 g/mol. The Morgan fingerprint density at radius 1 is 0.791 bits per heavy atom. The van der Waals surface area contributed by atoms with Gasteiger partial charge in [0.15, 0.2) is 5.78 Å². The molecule has 43 heavy (non-hydrogen) atoms. The van der Waals surface area contributed by atoms with E-state index in [2.05, 4.69) is 0 Å². The molecule has 0 spiro atoms. The number of ketones is 1. The van der Waals surface area contributed by atoms with Crippen LogP contribution in [0, 0.1) is 12.8 Å². The number of hydrogen-bond donors (Lipinski definition) is 1. The number of allylic oxidation sites excluding steroid dienone is 1. The Bertz CT molecular complexity index is 1980. The minimum absolute atomic E-state index is 0.0857. The fourth-order valence-corrected chi connectivity index (χ4v) is 7.16. The topological polar surface area (TPSA) is 74.7 Å². The molecule has 216 valence electrons. The van der Waals surface area contributed by atoms with E-state index in [0.717, 1.165) is 38.2 Å². The lowest BCUT2D eigenvalue weighted by Crippen LogP contribution is -2.54. The molecule has 1 heterocycles. The minimum atomic E-state index is -3.86. The third-order valence-electron chi connectivity index (χ3n) is 8.31. The highest BCUT2D eigenvalue weighted by molar-refractivity contribution is 7.89. The molecular weight excluding hydrogens is 554 g/mol. The second-order valence-corrected chi connectivity index (χ2v) is 13.2. The van der Waals surface area contributed by atoms with Crippen molar-refractivity contribution in [2.24, 2.45) is 5.92 Å². The summed E-state index contributed by atoms with van der Waals surface area (Å²) in [7, 11) is -3.86. The molecule has 1 fully saturated rings. The van der Waals surface area contributed by atoms with Gasteiger partial charge < -0.3 is 5.11 Å². The normalized spacial score (nSPS) is 19.9. The van der Waals surface area contributed by atoms with E-state index < -0.39 is 21.5 Å². The molecule has 6 rings (SSSR count). The average Bonchev–Trinajstić information content (AvgIpc) is 3.03. The number of aryl methyl sites for hydroxylation is 1. The zero-order valence-corrected chi connectivity index (χ0v) is 24.7. The zero-order chi connectivity index (χ0) is 30.0. The third-order valence-corrected chi connectivity index (χ3v) is 10.2. The quantitative estimate of drug-likeness (QED) is 0.207. The van der Waals surface area contributed by atoms with Crippen LogP contribution in [0.3, 0.4) is 0 Å². The van der Waals surface area contributed by atoms with Gasteiger partial charge in [0.25, 0.3) is 0 Å². The van der Waals surface area contributed by atoms with Crippen molar-refractivity contribution in [1.82, 2.24) is 4.31 Å². The van der Waals surface area contributed by atoms with Gasteiger partial charge in [-0.1, -0.05) is 109 Å². The molecule has 2 atom stereocenters. The monoisotopic (exact) mass is 587 g/mol. The number of carbonyl (C=O) groups excluding carboxylic acids is 1. The Kier molecular flexibility index (Phi) is 7.84. The summed E-state index contributed by atoms with van der Waals surface area (Å²) in [6.07, 6.45) is 6.77. The molecule has 1 aliphatic heterocycles. The lowest BCUT2D eigenvalue weighted by atomic mass is 9.78. The van der Waals surface area contributed by atoms with E-state index in [9.17, 15) is 18.3 Å². The maximum Gasteiger partial charge on any atom is 0.243 e. The summed E-state index contributed by atoms with van der Waals surface area (Å²) < 4.78 is 28.5. The molecule has 0 saturated carbocycles. The van der Waals surface area contributed by atoms with Gasteiger partial charge in [-0.2, -0.15) is 4.31 Å². The summed E-state index contributed by atoms with van der Waals surface area (Å²) in [5.74, 6) is -1.32. The second-order valence-electron chi connectivity index (χ2n) is 11.3. The number of aliphatic hydroxyl groups is 1. The van der Waals surface area contributed by atoms with Crippen molar-refractivity contribution in [2.75, 3.05) is 13.1 Å². The molecule has 1 saturated heterocycles. The van der Waals surface area contributed by atoms with Gasteiger partial charge in [-0.25, -0.2) is 8.42 Å². The van der Waals surface area contributed by atoms with Crippen molar-refractivity contribution in [2.45, 2.75) is 23.8 Å². The first kappa shape index (κ1) is 28.7. The number of nitrogens with zero attached hydrogens (tertiary/aromatic N) is 1. The number of hydrogen-bond acceptors (Lipinski definition) is 4. The first-order valence-corrected chi connectivity index (χ1v) is 15.8. The number of sulfonamides is 1. The van der Waals surface area contributed by atoms with Crippen LogP contribution < -0.4 is 0 Å². The Morgan fingerprint density at radius 2 is 1.35 bits per heavy atom. The van der Waals surface area contributed by atoms with E-state index in [-0.39, 0.29) is 30.2 Å². The van der Waals surface area contributed by atoms with E-state index in [1.54, 1.807) is 36.4 Å². The number of piperidine rings is 1. The van der Waals surface area contributed by atoms with Gasteiger partial charge in [0, 0.05) is 13.1 Å². The van der Waals surface area contributed by atoms with Crippen LogP contribution in [0.15, 0.2) is 126 Å². The Balaban J connectivity index is 1.32. The molecule has 0 bridgehead atoms. The van der Waals surface area contributed by atoms with Crippen molar-refractivity contribution in [3.63, 3.8) is 0 Å². The molecule has 0 radical (unpaired) electrons. The fourth-order valence-electron chi connectivity index (χ4n) is 5.70. The summed E-state index contributed by atoms with van der Waals surface area (Å²) in [5.41, 5.74) is 1.16. The minimum Gasteiger partial charge on any atom is -0.385 e. The van der Waals surface area contributed by atoms with Crippen LogP contribution in [0.5, 0.6) is 0 Å². The van der Waals surface area contributed by atoms with Gasteiger partial charge in [-0.3, -0.25) is 4.79 Å². The molecular formula is C37H33NO4S. The van der Waals surface area contributed by atoms with E-state index in [1.165, 1.54) is 10.4 Å². The van der Waals surface area contributed by atoms with Crippen LogP contribution in [-0.2, 0) is 14.8 Å². The number of benzene rings is 5. The highest BCUT2D eigenvalue weighted by Crippen LogP contribution is 2.34. The SMILES string of the molecule is Cc1ccc(S(=O)(=O)N2CC[C@@](O)(/C=C/c3ccc4ccccc4c3)[C@H](C(=O)/C=C/c3ccc4ccccc4c3)C2)cc1. The largest absolute Gasteiger partial charge is 0.385 e. The van der Waals surface area contributed by atoms with Crippen molar-refractivity contribution >= 4 is 49.5 Å².